The summed E-state index contributed by atoms with van der Waals surface area (Å²) in [7, 11) is 0. The maximum Gasteiger partial charge on any atom is 0.0942 e. The van der Waals surface area contributed by atoms with Gasteiger partial charge in [0.15, 0.2) is 0 Å². The molecule has 1 fully saturated rings. The van der Waals surface area contributed by atoms with Crippen LogP contribution in [0.3, 0.4) is 0 Å². The van der Waals surface area contributed by atoms with E-state index >= 15 is 0 Å². The molecule has 3 unspecified atom stereocenters. The second-order valence-corrected chi connectivity index (χ2v) is 6.00. The molecule has 3 heteroatoms. The van der Waals surface area contributed by atoms with E-state index in [0.717, 1.165) is 44.5 Å². The number of aliphatic hydroxyl groups excluding tert-OH is 1. The summed E-state index contributed by atoms with van der Waals surface area (Å²) in [5.41, 5.74) is 2.32. The first kappa shape index (κ1) is 16.5. The van der Waals surface area contributed by atoms with Crippen LogP contribution in [-0.2, 0) is 11.2 Å². The van der Waals surface area contributed by atoms with Gasteiger partial charge in [-0.05, 0) is 43.9 Å². The van der Waals surface area contributed by atoms with Gasteiger partial charge in [0.1, 0.15) is 0 Å². The van der Waals surface area contributed by atoms with Crippen molar-refractivity contribution in [2.75, 3.05) is 19.7 Å². The number of aryl methyl sites for hydroxylation is 1. The molecule has 0 saturated carbocycles. The molecular weight excluding hydrogens is 262 g/mol. The Morgan fingerprint density at radius 3 is 2.52 bits per heavy atom. The molecule has 21 heavy (non-hydrogen) atoms. The molecule has 1 aromatic carbocycles. The predicted octanol–water partition coefficient (Wildman–Crippen LogP) is 3.17. The summed E-state index contributed by atoms with van der Waals surface area (Å²) < 4.78 is 5.73. The molecule has 2 rings (SSSR count). The third kappa shape index (κ3) is 4.29. The van der Waals surface area contributed by atoms with Crippen molar-refractivity contribution >= 4 is 0 Å². The van der Waals surface area contributed by atoms with E-state index in [2.05, 4.69) is 49.9 Å². The van der Waals surface area contributed by atoms with E-state index in [1.165, 1.54) is 5.56 Å². The van der Waals surface area contributed by atoms with Crippen molar-refractivity contribution in [3.8, 4) is 0 Å². The molecular formula is C18H29NO2. The summed E-state index contributed by atoms with van der Waals surface area (Å²) >= 11 is 0. The molecule has 1 aliphatic heterocycles. The minimum Gasteiger partial charge on any atom is -0.387 e. The molecule has 0 spiro atoms. The molecule has 0 aromatic heterocycles. The number of rotatable bonds is 7. The number of aliphatic hydroxyl groups is 1. The van der Waals surface area contributed by atoms with Gasteiger partial charge in [0.05, 0.1) is 12.2 Å². The van der Waals surface area contributed by atoms with E-state index in [9.17, 15) is 5.11 Å². The Hall–Kier alpha value is -0.900. The van der Waals surface area contributed by atoms with E-state index in [4.69, 9.17) is 4.74 Å². The van der Waals surface area contributed by atoms with Crippen LogP contribution in [0.4, 0.5) is 0 Å². The van der Waals surface area contributed by atoms with Crippen molar-refractivity contribution in [1.82, 2.24) is 4.90 Å². The van der Waals surface area contributed by atoms with Gasteiger partial charge < -0.3 is 9.84 Å². The van der Waals surface area contributed by atoms with Crippen LogP contribution in [-0.4, -0.2) is 41.8 Å². The highest BCUT2D eigenvalue weighted by Crippen LogP contribution is 2.23. The second-order valence-electron chi connectivity index (χ2n) is 6.00. The van der Waals surface area contributed by atoms with Gasteiger partial charge in [-0.2, -0.15) is 0 Å². The normalized spacial score (nSPS) is 21.7. The van der Waals surface area contributed by atoms with Gasteiger partial charge in [-0.3, -0.25) is 4.90 Å². The number of ether oxygens (including phenoxy) is 1. The minimum absolute atomic E-state index is 0.103. The third-order valence-corrected chi connectivity index (χ3v) is 4.63. The van der Waals surface area contributed by atoms with Crippen LogP contribution in [0.5, 0.6) is 0 Å². The number of hydrogen-bond acceptors (Lipinski definition) is 3. The summed E-state index contributed by atoms with van der Waals surface area (Å²) in [5.74, 6) is 0. The van der Waals surface area contributed by atoms with Crippen LogP contribution < -0.4 is 0 Å². The fourth-order valence-corrected chi connectivity index (χ4v) is 3.06. The lowest BCUT2D eigenvalue weighted by Gasteiger charge is -2.33. The molecule has 0 aliphatic carbocycles. The molecule has 0 radical (unpaired) electrons. The van der Waals surface area contributed by atoms with Gasteiger partial charge in [0.2, 0.25) is 0 Å². The van der Waals surface area contributed by atoms with E-state index in [1.54, 1.807) is 0 Å². The minimum atomic E-state index is -0.447. The third-order valence-electron chi connectivity index (χ3n) is 4.63. The lowest BCUT2D eigenvalue weighted by molar-refractivity contribution is 0.0190. The van der Waals surface area contributed by atoms with Crippen LogP contribution in [0, 0.1) is 0 Å². The zero-order chi connectivity index (χ0) is 15.2. The molecule has 1 heterocycles. The molecule has 3 nitrogen and oxygen atoms in total. The van der Waals surface area contributed by atoms with Crippen LogP contribution in [0.15, 0.2) is 24.3 Å². The van der Waals surface area contributed by atoms with Gasteiger partial charge in [0, 0.05) is 19.2 Å². The topological polar surface area (TPSA) is 32.7 Å². The molecule has 0 bridgehead atoms. The highest BCUT2D eigenvalue weighted by Gasteiger charge is 2.26. The first-order chi connectivity index (χ1) is 10.2. The number of benzene rings is 1. The second kappa shape index (κ2) is 7.92. The van der Waals surface area contributed by atoms with Crippen molar-refractivity contribution in [3.63, 3.8) is 0 Å². The summed E-state index contributed by atoms with van der Waals surface area (Å²) in [6, 6.07) is 8.44. The van der Waals surface area contributed by atoms with Gasteiger partial charge in [0.25, 0.3) is 0 Å². The first-order valence-corrected chi connectivity index (χ1v) is 8.28. The highest BCUT2D eigenvalue weighted by atomic mass is 16.5. The summed E-state index contributed by atoms with van der Waals surface area (Å²) in [6.07, 6.45) is 3.23. The Morgan fingerprint density at radius 2 is 2.00 bits per heavy atom. The molecule has 0 amide bonds. The van der Waals surface area contributed by atoms with Gasteiger partial charge in [-0.15, -0.1) is 0 Å². The van der Waals surface area contributed by atoms with Crippen LogP contribution in [0.25, 0.3) is 0 Å². The molecule has 1 N–H and O–H groups in total. The maximum atomic E-state index is 10.6. The van der Waals surface area contributed by atoms with E-state index in [0.29, 0.717) is 6.10 Å². The zero-order valence-corrected chi connectivity index (χ0v) is 13.6. The van der Waals surface area contributed by atoms with Crippen molar-refractivity contribution in [2.24, 2.45) is 0 Å². The highest BCUT2D eigenvalue weighted by molar-refractivity contribution is 5.25. The van der Waals surface area contributed by atoms with E-state index in [1.807, 2.05) is 0 Å². The largest absolute Gasteiger partial charge is 0.387 e. The SMILES string of the molecule is CCc1ccc(C(O)C(C)N(CC)CC2CCCO2)cc1. The summed E-state index contributed by atoms with van der Waals surface area (Å²) in [5, 5.41) is 10.6. The molecule has 3 atom stereocenters. The number of hydrogen-bond donors (Lipinski definition) is 1. The molecule has 1 aliphatic rings. The fourth-order valence-electron chi connectivity index (χ4n) is 3.06. The lowest BCUT2D eigenvalue weighted by Crippen LogP contribution is -2.41. The Balaban J connectivity index is 1.98. The van der Waals surface area contributed by atoms with Crippen molar-refractivity contribution in [1.29, 1.82) is 0 Å². The maximum absolute atomic E-state index is 10.6. The van der Waals surface area contributed by atoms with E-state index < -0.39 is 6.10 Å². The van der Waals surface area contributed by atoms with E-state index in [-0.39, 0.29) is 6.04 Å². The smallest absolute Gasteiger partial charge is 0.0942 e. The van der Waals surface area contributed by atoms with Crippen LogP contribution in [0.1, 0.15) is 50.8 Å². The predicted molar refractivity (Wildman–Crippen MR) is 86.5 cm³/mol. The fraction of sp³-hybridized carbons (Fsp3) is 0.667. The van der Waals surface area contributed by atoms with Crippen molar-refractivity contribution < 1.29 is 9.84 Å². The molecule has 1 saturated heterocycles. The first-order valence-electron chi connectivity index (χ1n) is 8.28. The number of nitrogens with zero attached hydrogens (tertiary/aromatic N) is 1. The lowest BCUT2D eigenvalue weighted by atomic mass is 10.00. The standard InChI is InChI=1S/C18H29NO2/c1-4-15-8-10-16(11-9-15)18(20)14(3)19(5-2)13-17-7-6-12-21-17/h8-11,14,17-18,20H,4-7,12-13H2,1-3H3. The Bertz CT molecular complexity index is 412. The van der Waals surface area contributed by atoms with Gasteiger partial charge >= 0.3 is 0 Å². The molecule has 118 valence electrons. The average molecular weight is 291 g/mol. The van der Waals surface area contributed by atoms with Crippen molar-refractivity contribution in [3.05, 3.63) is 35.4 Å². The van der Waals surface area contributed by atoms with Gasteiger partial charge in [-0.25, -0.2) is 0 Å². The average Bonchev–Trinajstić information content (AvgIpc) is 3.04. The van der Waals surface area contributed by atoms with Gasteiger partial charge in [-0.1, -0.05) is 38.1 Å². The van der Waals surface area contributed by atoms with Crippen molar-refractivity contribution in [2.45, 2.75) is 58.3 Å². The Kier molecular flexibility index (Phi) is 6.22. The Morgan fingerprint density at radius 1 is 1.29 bits per heavy atom. The number of likely N-dealkylation sites (N-methyl/N-ethyl adjacent to an activating group) is 1. The zero-order valence-electron chi connectivity index (χ0n) is 13.6. The monoisotopic (exact) mass is 291 g/mol. The summed E-state index contributed by atoms with van der Waals surface area (Å²) in [6.45, 7) is 9.15. The quantitative estimate of drug-likeness (QED) is 0.837. The van der Waals surface area contributed by atoms with Crippen LogP contribution in [0.2, 0.25) is 0 Å². The van der Waals surface area contributed by atoms with Crippen LogP contribution >= 0.6 is 0 Å². The summed E-state index contributed by atoms with van der Waals surface area (Å²) in [4.78, 5) is 2.33. The molecule has 1 aromatic rings. The Labute approximate surface area is 128 Å².